The summed E-state index contributed by atoms with van der Waals surface area (Å²) in [6, 6.07) is 15.9. The number of hydrogen-bond donors (Lipinski definition) is 0. The molecule has 1 fully saturated rings. The first-order chi connectivity index (χ1) is 14.6. The molecule has 2 aromatic carbocycles. The van der Waals surface area contributed by atoms with E-state index < -0.39 is 9.84 Å². The molecule has 1 aliphatic heterocycles. The molecule has 3 heterocycles. The smallest absolute Gasteiger partial charge is 0.184 e. The summed E-state index contributed by atoms with van der Waals surface area (Å²) in [4.78, 5) is 11.0. The Morgan fingerprint density at radius 1 is 1.13 bits per heavy atom. The van der Waals surface area contributed by atoms with Crippen molar-refractivity contribution in [1.82, 2.24) is 14.3 Å². The first kappa shape index (κ1) is 19.1. The molecule has 152 valence electrons. The van der Waals surface area contributed by atoms with Crippen LogP contribution in [0.2, 0.25) is 0 Å². The maximum Gasteiger partial charge on any atom is 0.184 e. The Morgan fingerprint density at radius 2 is 2.07 bits per heavy atom. The van der Waals surface area contributed by atoms with Crippen molar-refractivity contribution in [3.63, 3.8) is 0 Å². The fourth-order valence-electron chi connectivity index (χ4n) is 4.17. The molecule has 5 rings (SSSR count). The summed E-state index contributed by atoms with van der Waals surface area (Å²) in [6.45, 7) is 0.968. The largest absolute Gasteiger partial charge is 0.364 e. The van der Waals surface area contributed by atoms with Crippen molar-refractivity contribution in [2.45, 2.75) is 29.5 Å². The molecule has 4 aromatic rings. The van der Waals surface area contributed by atoms with Crippen LogP contribution in [0.25, 0.3) is 10.8 Å². The van der Waals surface area contributed by atoms with E-state index >= 15 is 0 Å². The zero-order valence-corrected chi connectivity index (χ0v) is 17.8. The highest BCUT2D eigenvalue weighted by molar-refractivity contribution is 7.90. The van der Waals surface area contributed by atoms with Crippen LogP contribution in [0.1, 0.15) is 29.5 Å². The number of nitrogens with zero attached hydrogens (tertiary/aromatic N) is 4. The molecular formula is C22H20N4O2S2. The SMILES string of the molecule is O=S(=O)(Cc1ncns1)c1ccc2c(N3CCCC3c3cccnc3)cccc2c1. The Kier molecular flexibility index (Phi) is 4.96. The molecule has 0 saturated carbocycles. The van der Waals surface area contributed by atoms with Crippen LogP contribution >= 0.6 is 11.5 Å². The van der Waals surface area contributed by atoms with Crippen molar-refractivity contribution in [3.05, 3.63) is 77.8 Å². The molecular weight excluding hydrogens is 416 g/mol. The summed E-state index contributed by atoms with van der Waals surface area (Å²) in [5.41, 5.74) is 2.34. The molecule has 0 spiro atoms. The maximum atomic E-state index is 12.8. The summed E-state index contributed by atoms with van der Waals surface area (Å²) >= 11 is 1.11. The van der Waals surface area contributed by atoms with E-state index in [9.17, 15) is 8.42 Å². The topological polar surface area (TPSA) is 76.1 Å². The van der Waals surface area contributed by atoms with Crippen LogP contribution in [0.4, 0.5) is 5.69 Å². The number of pyridine rings is 1. The van der Waals surface area contributed by atoms with E-state index in [0.717, 1.165) is 47.4 Å². The maximum absolute atomic E-state index is 12.8. The lowest BCUT2D eigenvalue weighted by atomic mass is 10.0. The molecule has 1 saturated heterocycles. The van der Waals surface area contributed by atoms with E-state index in [0.29, 0.717) is 9.90 Å². The first-order valence-electron chi connectivity index (χ1n) is 9.79. The second kappa shape index (κ2) is 7.77. The van der Waals surface area contributed by atoms with E-state index in [1.54, 1.807) is 18.3 Å². The van der Waals surface area contributed by atoms with Crippen LogP contribution in [-0.2, 0) is 15.6 Å². The van der Waals surface area contributed by atoms with Gasteiger partial charge >= 0.3 is 0 Å². The van der Waals surface area contributed by atoms with Gasteiger partial charge in [0.1, 0.15) is 17.1 Å². The molecule has 1 atom stereocenters. The van der Waals surface area contributed by atoms with Crippen LogP contribution in [-0.4, -0.2) is 29.3 Å². The quantitative estimate of drug-likeness (QED) is 0.461. The van der Waals surface area contributed by atoms with Gasteiger partial charge in [-0.25, -0.2) is 13.4 Å². The molecule has 0 amide bonds. The van der Waals surface area contributed by atoms with Gasteiger partial charge in [0.05, 0.1) is 10.9 Å². The van der Waals surface area contributed by atoms with Crippen molar-refractivity contribution in [2.24, 2.45) is 0 Å². The van der Waals surface area contributed by atoms with Gasteiger partial charge in [0.15, 0.2) is 9.84 Å². The number of aromatic nitrogens is 3. The Balaban J connectivity index is 1.52. The summed E-state index contributed by atoms with van der Waals surface area (Å²) < 4.78 is 29.6. The van der Waals surface area contributed by atoms with Gasteiger partial charge in [-0.15, -0.1) is 0 Å². The van der Waals surface area contributed by atoms with Gasteiger partial charge in [0.2, 0.25) is 0 Å². The molecule has 0 aliphatic carbocycles. The number of benzene rings is 2. The molecule has 6 nitrogen and oxygen atoms in total. The average molecular weight is 437 g/mol. The monoisotopic (exact) mass is 436 g/mol. The van der Waals surface area contributed by atoms with Crippen molar-refractivity contribution >= 4 is 37.8 Å². The van der Waals surface area contributed by atoms with Gasteiger partial charge < -0.3 is 4.90 Å². The highest BCUT2D eigenvalue weighted by Crippen LogP contribution is 2.39. The molecule has 2 aromatic heterocycles. The van der Waals surface area contributed by atoms with Crippen molar-refractivity contribution in [1.29, 1.82) is 0 Å². The number of sulfone groups is 1. The lowest BCUT2D eigenvalue weighted by molar-refractivity contribution is 0.595. The predicted molar refractivity (Wildman–Crippen MR) is 118 cm³/mol. The highest BCUT2D eigenvalue weighted by Gasteiger charge is 2.27. The number of hydrogen-bond acceptors (Lipinski definition) is 7. The fourth-order valence-corrected chi connectivity index (χ4v) is 6.30. The first-order valence-corrected chi connectivity index (χ1v) is 12.2. The van der Waals surface area contributed by atoms with Crippen LogP contribution in [0.3, 0.4) is 0 Å². The predicted octanol–water partition coefficient (Wildman–Crippen LogP) is 4.40. The van der Waals surface area contributed by atoms with Crippen molar-refractivity contribution in [2.75, 3.05) is 11.4 Å². The second-order valence-corrected chi connectivity index (χ2v) is 10.2. The third kappa shape index (κ3) is 3.57. The summed E-state index contributed by atoms with van der Waals surface area (Å²) in [6.07, 6.45) is 7.31. The molecule has 8 heteroatoms. The zero-order chi connectivity index (χ0) is 20.6. The third-order valence-corrected chi connectivity index (χ3v) is 8.01. The van der Waals surface area contributed by atoms with Gasteiger partial charge in [0.25, 0.3) is 0 Å². The zero-order valence-electron chi connectivity index (χ0n) is 16.2. The van der Waals surface area contributed by atoms with Crippen molar-refractivity contribution < 1.29 is 8.42 Å². The van der Waals surface area contributed by atoms with Crippen LogP contribution in [0, 0.1) is 0 Å². The molecule has 30 heavy (non-hydrogen) atoms. The summed E-state index contributed by atoms with van der Waals surface area (Å²) in [5, 5.41) is 2.48. The van der Waals surface area contributed by atoms with E-state index in [-0.39, 0.29) is 11.8 Å². The van der Waals surface area contributed by atoms with Gasteiger partial charge in [-0.3, -0.25) is 4.98 Å². The minimum atomic E-state index is -3.47. The summed E-state index contributed by atoms with van der Waals surface area (Å²) in [5.74, 6) is -0.127. The van der Waals surface area contributed by atoms with Crippen molar-refractivity contribution in [3.8, 4) is 0 Å². The van der Waals surface area contributed by atoms with Crippen LogP contribution < -0.4 is 4.90 Å². The van der Waals surface area contributed by atoms with E-state index in [1.165, 1.54) is 11.9 Å². The normalized spacial score (nSPS) is 16.9. The van der Waals surface area contributed by atoms with Gasteiger partial charge in [0, 0.05) is 30.0 Å². The molecule has 0 bridgehead atoms. The third-order valence-electron chi connectivity index (χ3n) is 5.54. The van der Waals surface area contributed by atoms with E-state index in [2.05, 4.69) is 31.4 Å². The van der Waals surface area contributed by atoms with Gasteiger partial charge in [-0.1, -0.05) is 24.3 Å². The number of anilines is 1. The Morgan fingerprint density at radius 3 is 2.87 bits per heavy atom. The van der Waals surface area contributed by atoms with Crippen LogP contribution in [0.5, 0.6) is 0 Å². The average Bonchev–Trinajstić information content (AvgIpc) is 3.45. The standard InChI is InChI=1S/C22H20N4O2S2/c27-30(28,14-22-24-15-25-29-22)18-8-9-19-16(12-18)4-1-6-21(19)26-11-3-7-20(26)17-5-2-10-23-13-17/h1-2,4-6,8-10,12-13,15,20H,3,7,11,14H2. The van der Waals surface area contributed by atoms with E-state index in [1.807, 2.05) is 30.5 Å². The minimum Gasteiger partial charge on any atom is -0.364 e. The Labute approximate surface area is 179 Å². The minimum absolute atomic E-state index is 0.127. The van der Waals surface area contributed by atoms with E-state index in [4.69, 9.17) is 0 Å². The van der Waals surface area contributed by atoms with Gasteiger partial charge in [-0.2, -0.15) is 4.37 Å². The molecule has 1 aliphatic rings. The lowest BCUT2D eigenvalue weighted by Gasteiger charge is -2.28. The number of rotatable bonds is 5. The Hall–Kier alpha value is -2.84. The second-order valence-electron chi connectivity index (χ2n) is 7.39. The lowest BCUT2D eigenvalue weighted by Crippen LogP contribution is -2.22. The molecule has 0 N–H and O–H groups in total. The number of fused-ring (bicyclic) bond motifs is 1. The molecule has 1 unspecified atom stereocenters. The van der Waals surface area contributed by atoms with Gasteiger partial charge in [-0.05, 0) is 59.6 Å². The molecule has 0 radical (unpaired) electrons. The highest BCUT2D eigenvalue weighted by atomic mass is 32.2. The summed E-state index contributed by atoms with van der Waals surface area (Å²) in [7, 11) is -3.47. The van der Waals surface area contributed by atoms with Crippen LogP contribution in [0.15, 0.2) is 72.1 Å². The Bertz CT molecular complexity index is 1280. The fraction of sp³-hybridized carbons (Fsp3) is 0.227.